The number of amides is 2. The van der Waals surface area contributed by atoms with E-state index in [9.17, 15) is 19.7 Å². The molecule has 0 unspecified atom stereocenters. The van der Waals surface area contributed by atoms with Gasteiger partial charge in [0, 0.05) is 42.9 Å². The first-order valence-corrected chi connectivity index (χ1v) is 9.26. The highest BCUT2D eigenvalue weighted by atomic mass is 16.6. The molecule has 2 aromatic rings. The van der Waals surface area contributed by atoms with Crippen molar-refractivity contribution in [1.29, 1.82) is 0 Å². The van der Waals surface area contributed by atoms with Gasteiger partial charge in [-0.25, -0.2) is 5.43 Å². The number of rotatable bonds is 6. The van der Waals surface area contributed by atoms with Crippen molar-refractivity contribution in [3.63, 3.8) is 0 Å². The SMILES string of the molecule is CC(=O)Nc1ccc(C(=O)N/N=C/c2ccc(N3CCOCC3)c([N+](=O)[O-])c2)cc1. The Kier molecular flexibility index (Phi) is 6.71. The minimum absolute atomic E-state index is 0.0271. The maximum atomic E-state index is 12.2. The van der Waals surface area contributed by atoms with Gasteiger partial charge < -0.3 is 15.0 Å². The Hall–Kier alpha value is -3.79. The van der Waals surface area contributed by atoms with Crippen LogP contribution in [0.5, 0.6) is 0 Å². The molecule has 3 rings (SSSR count). The van der Waals surface area contributed by atoms with Gasteiger partial charge in [0.2, 0.25) is 5.91 Å². The molecule has 10 heteroatoms. The van der Waals surface area contributed by atoms with Crippen LogP contribution >= 0.6 is 0 Å². The van der Waals surface area contributed by atoms with Gasteiger partial charge in [0.1, 0.15) is 5.69 Å². The maximum Gasteiger partial charge on any atom is 0.293 e. The van der Waals surface area contributed by atoms with E-state index in [4.69, 9.17) is 4.74 Å². The lowest BCUT2D eigenvalue weighted by Gasteiger charge is -2.28. The Balaban J connectivity index is 1.66. The molecule has 2 aromatic carbocycles. The number of nitro benzene ring substituents is 1. The molecule has 156 valence electrons. The smallest absolute Gasteiger partial charge is 0.293 e. The number of ether oxygens (including phenoxy) is 1. The number of nitro groups is 1. The second-order valence-electron chi connectivity index (χ2n) is 6.56. The van der Waals surface area contributed by atoms with Crippen LogP contribution in [0.4, 0.5) is 17.1 Å². The van der Waals surface area contributed by atoms with Gasteiger partial charge >= 0.3 is 0 Å². The third-order valence-electron chi connectivity index (χ3n) is 4.40. The molecule has 0 aromatic heterocycles. The first-order chi connectivity index (χ1) is 14.4. The van der Waals surface area contributed by atoms with Crippen molar-refractivity contribution in [2.45, 2.75) is 6.92 Å². The summed E-state index contributed by atoms with van der Waals surface area (Å²) in [5.41, 5.74) is 4.31. The third-order valence-corrected chi connectivity index (χ3v) is 4.40. The summed E-state index contributed by atoms with van der Waals surface area (Å²) in [6.45, 7) is 3.62. The molecular weight excluding hydrogens is 390 g/mol. The van der Waals surface area contributed by atoms with Gasteiger partial charge in [-0.15, -0.1) is 0 Å². The molecule has 0 saturated carbocycles. The zero-order valence-electron chi connectivity index (χ0n) is 16.3. The normalized spacial score (nSPS) is 13.8. The number of nitrogens with one attached hydrogen (secondary N) is 2. The van der Waals surface area contributed by atoms with Gasteiger partial charge in [0.15, 0.2) is 0 Å². The van der Waals surface area contributed by atoms with Crippen LogP contribution in [0.1, 0.15) is 22.8 Å². The van der Waals surface area contributed by atoms with Gasteiger partial charge in [-0.1, -0.05) is 6.07 Å². The molecule has 2 amide bonds. The average Bonchev–Trinajstić information content (AvgIpc) is 2.74. The van der Waals surface area contributed by atoms with Gasteiger partial charge in [-0.2, -0.15) is 5.10 Å². The van der Waals surface area contributed by atoms with E-state index in [1.165, 1.54) is 19.2 Å². The second-order valence-corrected chi connectivity index (χ2v) is 6.56. The standard InChI is InChI=1S/C20H21N5O5/c1-14(26)22-17-5-3-16(4-6-17)20(27)23-21-13-15-2-7-18(19(12-15)25(28)29)24-8-10-30-11-9-24/h2-7,12-13H,8-11H2,1H3,(H,22,26)(H,23,27)/b21-13+. The molecular formula is C20H21N5O5. The molecule has 1 heterocycles. The summed E-state index contributed by atoms with van der Waals surface area (Å²) in [5, 5.41) is 18.0. The van der Waals surface area contributed by atoms with Crippen molar-refractivity contribution in [3.05, 3.63) is 63.7 Å². The molecule has 0 bridgehead atoms. The first-order valence-electron chi connectivity index (χ1n) is 9.26. The zero-order chi connectivity index (χ0) is 21.5. The fraction of sp³-hybridized carbons (Fsp3) is 0.250. The summed E-state index contributed by atoms with van der Waals surface area (Å²) in [4.78, 5) is 36.2. The van der Waals surface area contributed by atoms with Crippen LogP contribution in [0.2, 0.25) is 0 Å². The van der Waals surface area contributed by atoms with E-state index in [-0.39, 0.29) is 11.6 Å². The van der Waals surface area contributed by atoms with Gasteiger partial charge in [0.05, 0.1) is 24.4 Å². The van der Waals surface area contributed by atoms with E-state index in [1.807, 2.05) is 4.90 Å². The average molecular weight is 411 g/mol. The van der Waals surface area contributed by atoms with Gasteiger partial charge in [-0.05, 0) is 30.3 Å². The number of nitrogens with zero attached hydrogens (tertiary/aromatic N) is 3. The third kappa shape index (κ3) is 5.39. The minimum Gasteiger partial charge on any atom is -0.378 e. The highest BCUT2D eigenvalue weighted by Gasteiger charge is 2.21. The number of hydrogen-bond acceptors (Lipinski definition) is 7. The number of morpholine rings is 1. The van der Waals surface area contributed by atoms with Crippen LogP contribution in [0.15, 0.2) is 47.6 Å². The summed E-state index contributed by atoms with van der Waals surface area (Å²) >= 11 is 0. The van der Waals surface area contributed by atoms with Crippen molar-refractivity contribution < 1.29 is 19.2 Å². The highest BCUT2D eigenvalue weighted by molar-refractivity contribution is 5.96. The molecule has 10 nitrogen and oxygen atoms in total. The molecule has 1 aliphatic rings. The minimum atomic E-state index is -0.444. The molecule has 0 atom stereocenters. The summed E-state index contributed by atoms with van der Waals surface area (Å²) in [7, 11) is 0. The first kappa shape index (κ1) is 20.9. The summed E-state index contributed by atoms with van der Waals surface area (Å²) in [5.74, 6) is -0.648. The Morgan fingerprint density at radius 2 is 1.87 bits per heavy atom. The number of carbonyl (C=O) groups excluding carboxylic acids is 2. The lowest BCUT2D eigenvalue weighted by Crippen LogP contribution is -2.36. The number of hydrazone groups is 1. The number of hydrogen-bond donors (Lipinski definition) is 2. The maximum absolute atomic E-state index is 12.2. The molecule has 1 fully saturated rings. The summed E-state index contributed by atoms with van der Waals surface area (Å²) in [6, 6.07) is 11.1. The second kappa shape index (κ2) is 9.61. The van der Waals surface area contributed by atoms with E-state index in [1.54, 1.807) is 36.4 Å². The lowest BCUT2D eigenvalue weighted by atomic mass is 10.1. The summed E-state index contributed by atoms with van der Waals surface area (Å²) in [6.07, 6.45) is 1.35. The van der Waals surface area contributed by atoms with Crippen molar-refractivity contribution in [2.75, 3.05) is 36.5 Å². The van der Waals surface area contributed by atoms with Gasteiger partial charge in [-0.3, -0.25) is 19.7 Å². The highest BCUT2D eigenvalue weighted by Crippen LogP contribution is 2.29. The molecule has 1 aliphatic heterocycles. The van der Waals surface area contributed by atoms with E-state index in [2.05, 4.69) is 15.8 Å². The summed E-state index contributed by atoms with van der Waals surface area (Å²) < 4.78 is 5.29. The quantitative estimate of drug-likeness (QED) is 0.426. The molecule has 2 N–H and O–H groups in total. The lowest BCUT2D eigenvalue weighted by molar-refractivity contribution is -0.384. The van der Waals surface area contributed by atoms with Crippen LogP contribution < -0.4 is 15.6 Å². The van der Waals surface area contributed by atoms with Crippen LogP contribution in [0, 0.1) is 10.1 Å². The zero-order valence-corrected chi connectivity index (χ0v) is 16.3. The Bertz CT molecular complexity index is 968. The Morgan fingerprint density at radius 1 is 1.17 bits per heavy atom. The van der Waals surface area contributed by atoms with Crippen LogP contribution in [0.3, 0.4) is 0 Å². The predicted molar refractivity (Wildman–Crippen MR) is 112 cm³/mol. The predicted octanol–water partition coefficient (Wildman–Crippen LogP) is 2.15. The van der Waals surface area contributed by atoms with Crippen molar-refractivity contribution in [3.8, 4) is 0 Å². The molecule has 0 spiro atoms. The van der Waals surface area contributed by atoms with Crippen LogP contribution in [-0.2, 0) is 9.53 Å². The monoisotopic (exact) mass is 411 g/mol. The number of anilines is 2. The van der Waals surface area contributed by atoms with E-state index in [0.717, 1.165) is 0 Å². The molecule has 30 heavy (non-hydrogen) atoms. The Morgan fingerprint density at radius 3 is 2.50 bits per heavy atom. The van der Waals surface area contributed by atoms with Crippen molar-refractivity contribution in [1.82, 2.24) is 5.43 Å². The van der Waals surface area contributed by atoms with Crippen LogP contribution in [-0.4, -0.2) is 49.3 Å². The topological polar surface area (TPSA) is 126 Å². The van der Waals surface area contributed by atoms with E-state index < -0.39 is 10.8 Å². The molecule has 1 saturated heterocycles. The molecule has 0 aliphatic carbocycles. The fourth-order valence-corrected chi connectivity index (χ4v) is 2.98. The number of carbonyl (C=O) groups is 2. The largest absolute Gasteiger partial charge is 0.378 e. The van der Waals surface area contributed by atoms with E-state index in [0.29, 0.717) is 48.8 Å². The van der Waals surface area contributed by atoms with E-state index >= 15 is 0 Å². The Labute approximate surface area is 172 Å². The van der Waals surface area contributed by atoms with Gasteiger partial charge in [0.25, 0.3) is 11.6 Å². The van der Waals surface area contributed by atoms with Crippen LogP contribution in [0.25, 0.3) is 0 Å². The van der Waals surface area contributed by atoms with Crippen molar-refractivity contribution in [2.24, 2.45) is 5.10 Å². The van der Waals surface area contributed by atoms with Crippen molar-refractivity contribution >= 4 is 35.1 Å². The number of benzene rings is 2. The molecule has 0 radical (unpaired) electrons. The fourth-order valence-electron chi connectivity index (χ4n) is 2.98.